The third-order valence-electron chi connectivity index (χ3n) is 0.970. The number of rotatable bonds is 2. The predicted octanol–water partition coefficient (Wildman–Crippen LogP) is 3.92. The van der Waals surface area contributed by atoms with E-state index in [4.69, 9.17) is 0 Å². The van der Waals surface area contributed by atoms with E-state index in [1.54, 1.807) is 11.3 Å². The van der Waals surface area contributed by atoms with E-state index < -0.39 is 0 Å². The molecule has 0 atom stereocenters. The monoisotopic (exact) mass is 328 g/mol. The Morgan fingerprint density at radius 1 is 1.80 bits per heavy atom. The highest BCUT2D eigenvalue weighted by Gasteiger charge is 1.89. The van der Waals surface area contributed by atoms with Gasteiger partial charge in [0.15, 0.2) is 0 Å². The second-order valence-corrected chi connectivity index (χ2v) is 4.67. The van der Waals surface area contributed by atoms with Crippen LogP contribution in [0.25, 0.3) is 6.08 Å². The van der Waals surface area contributed by atoms with Gasteiger partial charge in [0.1, 0.15) is 0 Å². The maximum atomic E-state index is 3.39. The molecule has 0 aromatic carbocycles. The van der Waals surface area contributed by atoms with Crippen LogP contribution in [-0.4, -0.2) is 5.33 Å². The van der Waals surface area contributed by atoms with E-state index in [9.17, 15) is 0 Å². The maximum Gasteiger partial charge on any atom is 0.0341 e. The smallest absolute Gasteiger partial charge is 0.0341 e. The van der Waals surface area contributed by atoms with E-state index in [2.05, 4.69) is 62.1 Å². The second kappa shape index (κ2) is 4.51. The Labute approximate surface area is 86.6 Å². The molecule has 0 N–H and O–H groups in total. The lowest BCUT2D eigenvalue weighted by Crippen LogP contribution is -1.67. The molecule has 0 aliphatic rings. The number of alkyl halides is 1. The summed E-state index contributed by atoms with van der Waals surface area (Å²) in [7, 11) is 0. The van der Waals surface area contributed by atoms with Gasteiger partial charge < -0.3 is 0 Å². The van der Waals surface area contributed by atoms with Gasteiger partial charge in [0.05, 0.1) is 0 Å². The van der Waals surface area contributed by atoms with Crippen molar-refractivity contribution in [1.29, 1.82) is 0 Å². The molecule has 10 heavy (non-hydrogen) atoms. The van der Waals surface area contributed by atoms with Gasteiger partial charge in [0.25, 0.3) is 0 Å². The van der Waals surface area contributed by atoms with Crippen LogP contribution in [0.5, 0.6) is 0 Å². The first-order chi connectivity index (χ1) is 4.83. The van der Waals surface area contributed by atoms with Crippen LogP contribution in [0, 0.1) is 0 Å². The zero-order valence-corrected chi connectivity index (χ0v) is 9.74. The fraction of sp³-hybridized carbons (Fsp3) is 0.143. The largest absolute Gasteiger partial charge is 0.144 e. The zero-order chi connectivity index (χ0) is 7.40. The van der Waals surface area contributed by atoms with Crippen LogP contribution in [0.2, 0.25) is 0 Å². The molecular weight excluding hydrogens is 323 g/mol. The molecular formula is C7H6BrIS. The van der Waals surface area contributed by atoms with Crippen LogP contribution in [-0.2, 0) is 0 Å². The summed E-state index contributed by atoms with van der Waals surface area (Å²) in [5.41, 5.74) is 0. The lowest BCUT2D eigenvalue weighted by molar-refractivity contribution is 1.82. The van der Waals surface area contributed by atoms with Crippen molar-refractivity contribution in [2.24, 2.45) is 0 Å². The molecule has 0 bridgehead atoms. The highest BCUT2D eigenvalue weighted by Crippen LogP contribution is 2.18. The van der Waals surface area contributed by atoms with Gasteiger partial charge in [0, 0.05) is 13.8 Å². The van der Waals surface area contributed by atoms with Gasteiger partial charge in [-0.05, 0) is 40.1 Å². The summed E-state index contributed by atoms with van der Waals surface area (Å²) in [5.74, 6) is 0. The first kappa shape index (κ1) is 8.74. The summed E-state index contributed by atoms with van der Waals surface area (Å²) in [6.45, 7) is 0. The van der Waals surface area contributed by atoms with Crippen molar-refractivity contribution in [2.45, 2.75) is 0 Å². The molecule has 54 valence electrons. The van der Waals surface area contributed by atoms with E-state index in [1.807, 2.05) is 0 Å². The second-order valence-electron chi connectivity index (χ2n) is 1.74. The summed E-state index contributed by atoms with van der Waals surface area (Å²) in [5, 5.41) is 3.04. The van der Waals surface area contributed by atoms with Crippen LogP contribution < -0.4 is 0 Å². The van der Waals surface area contributed by atoms with E-state index >= 15 is 0 Å². The van der Waals surface area contributed by atoms with Gasteiger partial charge in [-0.1, -0.05) is 22.0 Å². The van der Waals surface area contributed by atoms with Crippen molar-refractivity contribution in [3.05, 3.63) is 26.0 Å². The summed E-state index contributed by atoms with van der Waals surface area (Å²) in [6, 6.07) is 4.18. The molecule has 1 rings (SSSR count). The highest BCUT2D eigenvalue weighted by molar-refractivity contribution is 14.1. The van der Waals surface area contributed by atoms with Crippen molar-refractivity contribution in [1.82, 2.24) is 0 Å². The van der Waals surface area contributed by atoms with Crippen molar-refractivity contribution in [2.75, 3.05) is 5.33 Å². The minimum atomic E-state index is 0.950. The molecule has 0 amide bonds. The van der Waals surface area contributed by atoms with Gasteiger partial charge in [-0.3, -0.25) is 0 Å². The normalized spacial score (nSPS) is 12.0. The SMILES string of the molecule is BrC/C(I)=C/c1cccs1. The Bertz CT molecular complexity index is 216. The fourth-order valence-corrected chi connectivity index (χ4v) is 1.96. The topological polar surface area (TPSA) is 0 Å². The predicted molar refractivity (Wildman–Crippen MR) is 60.1 cm³/mol. The number of halogens is 2. The minimum absolute atomic E-state index is 0.950. The first-order valence-corrected chi connectivity index (χ1v) is 5.86. The molecule has 0 saturated heterocycles. The van der Waals surface area contributed by atoms with Crippen LogP contribution in [0.4, 0.5) is 0 Å². The summed E-state index contributed by atoms with van der Waals surface area (Å²) in [4.78, 5) is 1.32. The molecule has 3 heteroatoms. The van der Waals surface area contributed by atoms with E-state index in [0.29, 0.717) is 0 Å². The molecule has 1 heterocycles. The Kier molecular flexibility index (Phi) is 3.95. The maximum absolute atomic E-state index is 3.39. The summed E-state index contributed by atoms with van der Waals surface area (Å²) < 4.78 is 1.33. The number of hydrogen-bond acceptors (Lipinski definition) is 1. The van der Waals surface area contributed by atoms with Gasteiger partial charge in [-0.15, -0.1) is 11.3 Å². The average Bonchev–Trinajstić information content (AvgIpc) is 2.40. The molecule has 0 aliphatic heterocycles. The zero-order valence-electron chi connectivity index (χ0n) is 5.18. The van der Waals surface area contributed by atoms with Gasteiger partial charge in [0.2, 0.25) is 0 Å². The minimum Gasteiger partial charge on any atom is -0.144 e. The Morgan fingerprint density at radius 2 is 2.60 bits per heavy atom. The van der Waals surface area contributed by atoms with Gasteiger partial charge >= 0.3 is 0 Å². The molecule has 1 aromatic heterocycles. The number of allylic oxidation sites excluding steroid dienone is 1. The van der Waals surface area contributed by atoms with Gasteiger partial charge in [-0.25, -0.2) is 0 Å². The number of hydrogen-bond donors (Lipinski definition) is 0. The number of thiophene rings is 1. The standard InChI is InChI=1S/C7H6BrIS/c8-5-6(9)4-7-2-1-3-10-7/h1-4H,5H2/b6-4-. The van der Waals surface area contributed by atoms with E-state index in [0.717, 1.165) is 5.33 Å². The Balaban J connectivity index is 2.71. The highest BCUT2D eigenvalue weighted by atomic mass is 127. The van der Waals surface area contributed by atoms with Crippen LogP contribution in [0.3, 0.4) is 0 Å². The van der Waals surface area contributed by atoms with Crippen LogP contribution in [0.15, 0.2) is 21.1 Å². The molecule has 0 radical (unpaired) electrons. The summed E-state index contributed by atoms with van der Waals surface area (Å²) >= 11 is 7.48. The molecule has 0 aliphatic carbocycles. The third-order valence-corrected chi connectivity index (χ3v) is 4.13. The van der Waals surface area contributed by atoms with Crippen molar-refractivity contribution >= 4 is 55.9 Å². The van der Waals surface area contributed by atoms with Crippen molar-refractivity contribution < 1.29 is 0 Å². The average molecular weight is 329 g/mol. The van der Waals surface area contributed by atoms with Crippen molar-refractivity contribution in [3.63, 3.8) is 0 Å². The molecule has 0 unspecified atom stereocenters. The molecule has 0 saturated carbocycles. The summed E-state index contributed by atoms with van der Waals surface area (Å²) in [6.07, 6.45) is 2.18. The fourth-order valence-electron chi connectivity index (χ4n) is 0.566. The molecule has 0 nitrogen and oxygen atoms in total. The molecule has 0 spiro atoms. The quantitative estimate of drug-likeness (QED) is 0.570. The van der Waals surface area contributed by atoms with E-state index in [1.165, 1.54) is 8.46 Å². The van der Waals surface area contributed by atoms with Crippen molar-refractivity contribution in [3.8, 4) is 0 Å². The third kappa shape index (κ3) is 2.72. The molecule has 1 aromatic rings. The van der Waals surface area contributed by atoms with Gasteiger partial charge in [-0.2, -0.15) is 0 Å². The first-order valence-electron chi connectivity index (χ1n) is 2.78. The lowest BCUT2D eigenvalue weighted by atomic mass is 10.4. The lowest BCUT2D eigenvalue weighted by Gasteiger charge is -1.87. The van der Waals surface area contributed by atoms with E-state index in [-0.39, 0.29) is 0 Å². The van der Waals surface area contributed by atoms with Crippen LogP contribution in [0.1, 0.15) is 4.88 Å². The Morgan fingerprint density at radius 3 is 3.10 bits per heavy atom. The molecule has 0 fully saturated rings. The Hall–Kier alpha value is 0.650. The van der Waals surface area contributed by atoms with Crippen LogP contribution >= 0.6 is 49.9 Å².